The van der Waals surface area contributed by atoms with E-state index in [4.69, 9.17) is 0 Å². The summed E-state index contributed by atoms with van der Waals surface area (Å²) in [5.74, 6) is -0.218. The zero-order chi connectivity index (χ0) is 14.0. The molecule has 1 aliphatic heterocycles. The molecule has 1 heterocycles. The van der Waals surface area contributed by atoms with Crippen molar-refractivity contribution in [1.29, 1.82) is 0 Å². The van der Waals surface area contributed by atoms with Crippen molar-refractivity contribution < 1.29 is 9.59 Å². The van der Waals surface area contributed by atoms with Crippen LogP contribution in [0.5, 0.6) is 0 Å². The first kappa shape index (κ1) is 13.8. The number of carbonyl (C=O) groups is 2. The Kier molecular flexibility index (Phi) is 4.07. The Morgan fingerprint density at radius 3 is 2.42 bits per heavy atom. The monoisotopic (exact) mass is 276 g/mol. The predicted molar refractivity (Wildman–Crippen MR) is 77.5 cm³/mol. The molecule has 0 aromatic heterocycles. The molecule has 2 amide bonds. The van der Waals surface area contributed by atoms with E-state index < -0.39 is 0 Å². The van der Waals surface area contributed by atoms with Gasteiger partial charge in [-0.1, -0.05) is 29.8 Å². The highest BCUT2D eigenvalue weighted by Crippen LogP contribution is 2.32. The molecule has 0 spiro atoms. The first-order valence-corrected chi connectivity index (χ1v) is 6.76. The van der Waals surface area contributed by atoms with Gasteiger partial charge in [0.1, 0.15) is 0 Å². The Labute approximate surface area is 117 Å². The van der Waals surface area contributed by atoms with Crippen LogP contribution in [0.2, 0.25) is 0 Å². The minimum atomic E-state index is -0.218. The molecule has 1 aromatic carbocycles. The van der Waals surface area contributed by atoms with Gasteiger partial charge in [-0.05, 0) is 44.4 Å². The van der Waals surface area contributed by atoms with E-state index in [1.165, 1.54) is 4.90 Å². The lowest BCUT2D eigenvalue weighted by molar-refractivity contribution is -0.123. The molecule has 0 bridgehead atoms. The average Bonchev–Trinajstić information content (AvgIpc) is 2.60. The van der Waals surface area contributed by atoms with Gasteiger partial charge in [0.2, 0.25) is 0 Å². The topological polar surface area (TPSA) is 40.6 Å². The van der Waals surface area contributed by atoms with E-state index >= 15 is 0 Å². The first-order valence-electron chi connectivity index (χ1n) is 5.94. The Balaban J connectivity index is 2.20. The number of hydrogen-bond donors (Lipinski definition) is 0. The maximum atomic E-state index is 12.1. The third-order valence-corrected chi connectivity index (χ3v) is 3.58. The van der Waals surface area contributed by atoms with Crippen molar-refractivity contribution in [1.82, 2.24) is 9.80 Å². The lowest BCUT2D eigenvalue weighted by Crippen LogP contribution is -2.36. The van der Waals surface area contributed by atoms with Crippen molar-refractivity contribution in [3.8, 4) is 0 Å². The second-order valence-electron chi connectivity index (χ2n) is 4.74. The predicted octanol–water partition coefficient (Wildman–Crippen LogP) is 2.55. The van der Waals surface area contributed by atoms with Crippen LogP contribution in [-0.2, 0) is 4.79 Å². The summed E-state index contributed by atoms with van der Waals surface area (Å²) in [6, 6.07) is 7.84. The van der Waals surface area contributed by atoms with E-state index in [9.17, 15) is 9.59 Å². The van der Waals surface area contributed by atoms with Gasteiger partial charge in [0, 0.05) is 0 Å². The van der Waals surface area contributed by atoms with Crippen LogP contribution < -0.4 is 0 Å². The summed E-state index contributed by atoms with van der Waals surface area (Å²) in [6.45, 7) is 2.32. The molecule has 1 saturated heterocycles. The van der Waals surface area contributed by atoms with Crippen molar-refractivity contribution >= 4 is 29.0 Å². The maximum Gasteiger partial charge on any atom is 0.294 e. The van der Waals surface area contributed by atoms with Gasteiger partial charge in [-0.15, -0.1) is 0 Å². The van der Waals surface area contributed by atoms with E-state index in [2.05, 4.69) is 0 Å². The van der Waals surface area contributed by atoms with Gasteiger partial charge in [-0.2, -0.15) is 0 Å². The van der Waals surface area contributed by atoms with Crippen LogP contribution in [0.4, 0.5) is 4.79 Å². The lowest BCUT2D eigenvalue weighted by atomic mass is 10.1. The SMILES string of the molecule is Cc1ccc(C=C2SC(=O)N(CN(C)C)C2=O)cc1. The van der Waals surface area contributed by atoms with Crippen molar-refractivity contribution in [2.75, 3.05) is 20.8 Å². The summed E-state index contributed by atoms with van der Waals surface area (Å²) in [5.41, 5.74) is 2.10. The van der Waals surface area contributed by atoms with Crippen LogP contribution in [0.3, 0.4) is 0 Å². The number of thioether (sulfide) groups is 1. The Morgan fingerprint density at radius 1 is 1.21 bits per heavy atom. The molecule has 5 heteroatoms. The Bertz CT molecular complexity index is 535. The van der Waals surface area contributed by atoms with E-state index in [0.717, 1.165) is 22.9 Å². The van der Waals surface area contributed by atoms with Crippen LogP contribution in [0.15, 0.2) is 29.2 Å². The molecule has 0 atom stereocenters. The molecule has 0 unspecified atom stereocenters. The Hall–Kier alpha value is -1.59. The lowest BCUT2D eigenvalue weighted by Gasteiger charge is -2.17. The summed E-state index contributed by atoms with van der Waals surface area (Å²) in [6.07, 6.45) is 1.76. The van der Waals surface area contributed by atoms with E-state index in [-0.39, 0.29) is 11.1 Å². The minimum Gasteiger partial charge on any atom is -0.292 e. The van der Waals surface area contributed by atoms with E-state index in [1.807, 2.05) is 45.3 Å². The van der Waals surface area contributed by atoms with Crippen LogP contribution >= 0.6 is 11.8 Å². The zero-order valence-electron chi connectivity index (χ0n) is 11.2. The number of nitrogens with zero attached hydrogens (tertiary/aromatic N) is 2. The number of amides is 2. The molecule has 2 rings (SSSR count). The summed E-state index contributed by atoms with van der Waals surface area (Å²) >= 11 is 0.995. The maximum absolute atomic E-state index is 12.1. The number of imide groups is 1. The molecular weight excluding hydrogens is 260 g/mol. The largest absolute Gasteiger partial charge is 0.294 e. The van der Waals surface area contributed by atoms with Crippen LogP contribution in [-0.4, -0.2) is 41.7 Å². The third-order valence-electron chi connectivity index (χ3n) is 2.67. The first-order chi connectivity index (χ1) is 8.97. The Morgan fingerprint density at radius 2 is 1.84 bits per heavy atom. The third kappa shape index (κ3) is 3.24. The van der Waals surface area contributed by atoms with Gasteiger partial charge in [0.15, 0.2) is 0 Å². The van der Waals surface area contributed by atoms with Crippen LogP contribution in [0.25, 0.3) is 6.08 Å². The summed E-state index contributed by atoms with van der Waals surface area (Å²) in [7, 11) is 3.65. The number of aryl methyl sites for hydroxylation is 1. The average molecular weight is 276 g/mol. The molecule has 0 saturated carbocycles. The molecule has 100 valence electrons. The van der Waals surface area contributed by atoms with Crippen LogP contribution in [0.1, 0.15) is 11.1 Å². The van der Waals surface area contributed by atoms with E-state index in [1.54, 1.807) is 11.0 Å². The molecule has 1 aliphatic rings. The number of benzene rings is 1. The fourth-order valence-corrected chi connectivity index (χ4v) is 2.55. The highest BCUT2D eigenvalue weighted by molar-refractivity contribution is 8.18. The second kappa shape index (κ2) is 5.59. The number of hydrogen-bond acceptors (Lipinski definition) is 4. The summed E-state index contributed by atoms with van der Waals surface area (Å²) < 4.78 is 0. The zero-order valence-corrected chi connectivity index (χ0v) is 12.0. The van der Waals surface area contributed by atoms with Gasteiger partial charge in [0.25, 0.3) is 11.1 Å². The molecule has 0 aliphatic carbocycles. The van der Waals surface area contributed by atoms with Crippen LogP contribution in [0, 0.1) is 6.92 Å². The fraction of sp³-hybridized carbons (Fsp3) is 0.286. The second-order valence-corrected chi connectivity index (χ2v) is 5.73. The minimum absolute atomic E-state index is 0.211. The van der Waals surface area contributed by atoms with Gasteiger partial charge in [-0.25, -0.2) is 0 Å². The number of carbonyl (C=O) groups excluding carboxylic acids is 2. The molecular formula is C14H16N2O2S. The van der Waals surface area contributed by atoms with Crippen molar-refractivity contribution in [3.05, 3.63) is 40.3 Å². The summed E-state index contributed by atoms with van der Waals surface area (Å²) in [4.78, 5) is 27.4. The smallest absolute Gasteiger partial charge is 0.292 e. The number of rotatable bonds is 3. The van der Waals surface area contributed by atoms with Crippen molar-refractivity contribution in [3.63, 3.8) is 0 Å². The highest BCUT2D eigenvalue weighted by Gasteiger charge is 2.35. The molecule has 19 heavy (non-hydrogen) atoms. The quantitative estimate of drug-likeness (QED) is 0.796. The van der Waals surface area contributed by atoms with Gasteiger partial charge < -0.3 is 0 Å². The molecule has 1 fully saturated rings. The molecule has 0 radical (unpaired) electrons. The standard InChI is InChI=1S/C14H16N2O2S/c1-10-4-6-11(7-5-10)8-12-13(17)16(9-15(2)3)14(18)19-12/h4-8H,9H2,1-3H3. The normalized spacial score (nSPS) is 17.9. The fourth-order valence-electron chi connectivity index (χ4n) is 1.72. The van der Waals surface area contributed by atoms with Gasteiger partial charge in [0.05, 0.1) is 11.6 Å². The van der Waals surface area contributed by atoms with Gasteiger partial charge in [-0.3, -0.25) is 19.4 Å². The molecule has 4 nitrogen and oxygen atoms in total. The highest BCUT2D eigenvalue weighted by atomic mass is 32.2. The molecule has 0 N–H and O–H groups in total. The van der Waals surface area contributed by atoms with E-state index in [0.29, 0.717) is 11.6 Å². The molecule has 1 aromatic rings. The van der Waals surface area contributed by atoms with Crippen molar-refractivity contribution in [2.45, 2.75) is 6.92 Å². The van der Waals surface area contributed by atoms with Gasteiger partial charge >= 0.3 is 0 Å². The summed E-state index contributed by atoms with van der Waals surface area (Å²) in [5, 5.41) is -0.211. The van der Waals surface area contributed by atoms with Crippen molar-refractivity contribution in [2.24, 2.45) is 0 Å².